The minimum atomic E-state index is -1.85. The van der Waals surface area contributed by atoms with Gasteiger partial charge in [-0.25, -0.2) is 4.21 Å². The highest BCUT2D eigenvalue weighted by atomic mass is 32.2. The Bertz CT molecular complexity index is 1130. The van der Waals surface area contributed by atoms with E-state index in [1.54, 1.807) is 37.4 Å². The zero-order valence-electron chi connectivity index (χ0n) is 15.9. The van der Waals surface area contributed by atoms with E-state index in [1.807, 2.05) is 25.1 Å². The number of hydrogen-bond acceptors (Lipinski definition) is 5. The molecule has 8 heteroatoms. The molecular formula is C21H19N3O4S. The van der Waals surface area contributed by atoms with Crippen LogP contribution in [0.2, 0.25) is 0 Å². The van der Waals surface area contributed by atoms with Crippen LogP contribution in [0.4, 0.5) is 17.1 Å². The second kappa shape index (κ2) is 8.24. The molecule has 0 fully saturated rings. The molecule has 29 heavy (non-hydrogen) atoms. The highest BCUT2D eigenvalue weighted by Crippen LogP contribution is 2.30. The Kier molecular flexibility index (Phi) is 5.74. The number of carbonyl (C=O) groups excluding carboxylic acids is 1. The van der Waals surface area contributed by atoms with Gasteiger partial charge in [0.2, 0.25) is 0 Å². The number of nitrogens with zero attached hydrogens (tertiary/aromatic N) is 2. The van der Waals surface area contributed by atoms with Crippen LogP contribution in [0.25, 0.3) is 0 Å². The molecule has 0 radical (unpaired) electrons. The minimum Gasteiger partial charge on any atom is -0.398 e. The molecule has 2 N–H and O–H groups in total. The van der Waals surface area contributed by atoms with E-state index in [9.17, 15) is 19.1 Å². The van der Waals surface area contributed by atoms with E-state index in [2.05, 4.69) is 0 Å². The van der Waals surface area contributed by atoms with Crippen molar-refractivity contribution in [3.63, 3.8) is 0 Å². The SMILES string of the molecule is Cc1ccccc1N(C)C(=O)c1ccc(S(=O)c2ccccc2N)c([N+](=O)[O-])c1. The van der Waals surface area contributed by atoms with Crippen LogP contribution >= 0.6 is 0 Å². The molecule has 0 saturated carbocycles. The Balaban J connectivity index is 2.01. The lowest BCUT2D eigenvalue weighted by Gasteiger charge is -2.19. The Labute approximate surface area is 170 Å². The van der Waals surface area contributed by atoms with Crippen LogP contribution in [0.15, 0.2) is 76.5 Å². The smallest absolute Gasteiger partial charge is 0.286 e. The number of benzene rings is 3. The van der Waals surface area contributed by atoms with E-state index in [4.69, 9.17) is 5.73 Å². The number of aryl methyl sites for hydroxylation is 1. The summed E-state index contributed by atoms with van der Waals surface area (Å²) in [4.78, 5) is 25.6. The van der Waals surface area contributed by atoms with Gasteiger partial charge >= 0.3 is 0 Å². The molecule has 0 saturated heterocycles. The average molecular weight is 409 g/mol. The molecule has 148 valence electrons. The molecule has 3 aromatic rings. The second-order valence-electron chi connectivity index (χ2n) is 6.40. The number of para-hydroxylation sites is 2. The maximum atomic E-state index is 12.9. The number of amides is 1. The van der Waals surface area contributed by atoms with E-state index < -0.39 is 27.3 Å². The van der Waals surface area contributed by atoms with Gasteiger partial charge < -0.3 is 10.6 Å². The summed E-state index contributed by atoms with van der Waals surface area (Å²) in [6.07, 6.45) is 0. The number of hydrogen-bond donors (Lipinski definition) is 1. The van der Waals surface area contributed by atoms with Crippen molar-refractivity contribution in [1.82, 2.24) is 0 Å². The number of nitro benzene ring substituents is 1. The summed E-state index contributed by atoms with van der Waals surface area (Å²) in [5.74, 6) is -0.404. The van der Waals surface area contributed by atoms with Gasteiger partial charge in [-0.1, -0.05) is 30.3 Å². The highest BCUT2D eigenvalue weighted by molar-refractivity contribution is 7.85. The van der Waals surface area contributed by atoms with E-state index in [-0.39, 0.29) is 21.0 Å². The lowest BCUT2D eigenvalue weighted by molar-refractivity contribution is -0.387. The summed E-state index contributed by atoms with van der Waals surface area (Å²) in [5, 5.41) is 11.6. The zero-order valence-corrected chi connectivity index (χ0v) is 16.7. The predicted octanol–water partition coefficient (Wildman–Crippen LogP) is 3.93. The van der Waals surface area contributed by atoms with Gasteiger partial charge in [0.1, 0.15) is 4.90 Å². The number of nitro groups is 1. The van der Waals surface area contributed by atoms with Crippen LogP contribution in [0.1, 0.15) is 15.9 Å². The van der Waals surface area contributed by atoms with Crippen molar-refractivity contribution in [2.45, 2.75) is 16.7 Å². The van der Waals surface area contributed by atoms with E-state index in [1.165, 1.54) is 17.0 Å². The average Bonchev–Trinajstić information content (AvgIpc) is 2.72. The molecule has 0 aliphatic carbocycles. The molecule has 1 unspecified atom stereocenters. The van der Waals surface area contributed by atoms with Crippen molar-refractivity contribution in [2.24, 2.45) is 0 Å². The first-order valence-electron chi connectivity index (χ1n) is 8.69. The molecule has 1 atom stereocenters. The third kappa shape index (κ3) is 4.02. The fourth-order valence-electron chi connectivity index (χ4n) is 2.96. The molecule has 7 nitrogen and oxygen atoms in total. The monoisotopic (exact) mass is 409 g/mol. The summed E-state index contributed by atoms with van der Waals surface area (Å²) >= 11 is 0. The second-order valence-corrected chi connectivity index (χ2v) is 7.81. The van der Waals surface area contributed by atoms with Crippen molar-refractivity contribution < 1.29 is 13.9 Å². The van der Waals surface area contributed by atoms with Crippen molar-refractivity contribution >= 4 is 33.8 Å². The Morgan fingerprint density at radius 3 is 2.34 bits per heavy atom. The first-order chi connectivity index (χ1) is 13.8. The summed E-state index contributed by atoms with van der Waals surface area (Å²) in [7, 11) is -0.250. The molecule has 1 amide bonds. The molecule has 0 heterocycles. The number of anilines is 2. The molecule has 3 rings (SSSR count). The Hall–Kier alpha value is -3.52. The predicted molar refractivity (Wildman–Crippen MR) is 113 cm³/mol. The van der Waals surface area contributed by atoms with Gasteiger partial charge in [0.05, 0.1) is 20.6 Å². The van der Waals surface area contributed by atoms with Crippen LogP contribution in [-0.4, -0.2) is 22.1 Å². The van der Waals surface area contributed by atoms with Crippen LogP contribution in [0.3, 0.4) is 0 Å². The first-order valence-corrected chi connectivity index (χ1v) is 9.84. The molecule has 0 aliphatic rings. The largest absolute Gasteiger partial charge is 0.398 e. The van der Waals surface area contributed by atoms with Crippen molar-refractivity contribution in [3.05, 3.63) is 88.0 Å². The Morgan fingerprint density at radius 2 is 1.69 bits per heavy atom. The third-order valence-corrected chi connectivity index (χ3v) is 6.02. The molecule has 0 bridgehead atoms. The minimum absolute atomic E-state index is 0.0111. The maximum Gasteiger partial charge on any atom is 0.286 e. The van der Waals surface area contributed by atoms with Crippen molar-refractivity contribution in [3.8, 4) is 0 Å². The number of nitrogen functional groups attached to an aromatic ring is 1. The topological polar surface area (TPSA) is 107 Å². The number of nitrogens with two attached hydrogens (primary N) is 1. The van der Waals surface area contributed by atoms with Crippen LogP contribution in [-0.2, 0) is 10.8 Å². The molecule has 0 aliphatic heterocycles. The molecule has 0 aromatic heterocycles. The van der Waals surface area contributed by atoms with Crippen LogP contribution in [0.5, 0.6) is 0 Å². The van der Waals surface area contributed by atoms with Crippen molar-refractivity contribution in [1.29, 1.82) is 0 Å². The van der Waals surface area contributed by atoms with Crippen LogP contribution < -0.4 is 10.6 Å². The summed E-state index contributed by atoms with van der Waals surface area (Å²) in [6.45, 7) is 1.87. The van der Waals surface area contributed by atoms with Gasteiger partial charge in [-0.15, -0.1) is 0 Å². The molecule has 0 spiro atoms. The quantitative estimate of drug-likeness (QED) is 0.390. The normalized spacial score (nSPS) is 11.7. The van der Waals surface area contributed by atoms with E-state index in [0.717, 1.165) is 11.6 Å². The molecule has 3 aromatic carbocycles. The van der Waals surface area contributed by atoms with Gasteiger partial charge in [0, 0.05) is 30.1 Å². The highest BCUT2D eigenvalue weighted by Gasteiger charge is 2.25. The summed E-state index contributed by atoms with van der Waals surface area (Å²) < 4.78 is 12.9. The lowest BCUT2D eigenvalue weighted by atomic mass is 10.1. The van der Waals surface area contributed by atoms with Gasteiger partial charge in [-0.05, 0) is 42.8 Å². The standard InChI is InChI=1S/C21H19N3O4S/c1-14-7-3-5-9-17(14)23(2)21(25)15-11-12-20(18(13-15)24(26)27)29(28)19-10-6-4-8-16(19)22/h3-13H,22H2,1-2H3. The fraction of sp³-hybridized carbons (Fsp3) is 0.0952. The Morgan fingerprint density at radius 1 is 1.03 bits per heavy atom. The number of carbonyl (C=O) groups is 1. The fourth-order valence-corrected chi connectivity index (χ4v) is 4.20. The van der Waals surface area contributed by atoms with Crippen molar-refractivity contribution in [2.75, 3.05) is 17.7 Å². The maximum absolute atomic E-state index is 12.9. The number of rotatable bonds is 5. The molecular weight excluding hydrogens is 390 g/mol. The summed E-state index contributed by atoms with van der Waals surface area (Å²) in [6, 6.07) is 17.8. The van der Waals surface area contributed by atoms with Gasteiger partial charge in [0.25, 0.3) is 11.6 Å². The summed E-state index contributed by atoms with van der Waals surface area (Å²) in [5.41, 5.74) is 7.47. The van der Waals surface area contributed by atoms with E-state index in [0.29, 0.717) is 5.69 Å². The van der Waals surface area contributed by atoms with Gasteiger partial charge in [-0.3, -0.25) is 14.9 Å². The van der Waals surface area contributed by atoms with Crippen LogP contribution in [0, 0.1) is 17.0 Å². The van der Waals surface area contributed by atoms with E-state index >= 15 is 0 Å². The third-order valence-electron chi connectivity index (χ3n) is 4.50. The zero-order chi connectivity index (χ0) is 21.1. The lowest BCUT2D eigenvalue weighted by Crippen LogP contribution is -2.27. The first kappa shape index (κ1) is 20.2. The van der Waals surface area contributed by atoms with Gasteiger partial charge in [-0.2, -0.15) is 0 Å². The van der Waals surface area contributed by atoms with Gasteiger partial charge in [0.15, 0.2) is 0 Å².